The van der Waals surface area contributed by atoms with Gasteiger partial charge in [0.2, 0.25) is 5.76 Å². The molecular formula is C59H90N4O15Si2. The Morgan fingerprint density at radius 3 is 2.21 bits per heavy atom. The van der Waals surface area contributed by atoms with E-state index in [0.717, 1.165) is 16.5 Å². The van der Waals surface area contributed by atoms with Gasteiger partial charge in [-0.25, -0.2) is 4.79 Å². The van der Waals surface area contributed by atoms with Crippen molar-refractivity contribution in [1.82, 2.24) is 20.4 Å². The van der Waals surface area contributed by atoms with Crippen LogP contribution < -0.4 is 5.32 Å². The number of nitrogens with zero attached hydrogens (tertiary/aromatic N) is 3. The van der Waals surface area contributed by atoms with Crippen molar-refractivity contribution in [3.63, 3.8) is 0 Å². The third kappa shape index (κ3) is 13.7. The quantitative estimate of drug-likeness (QED) is 0.0875. The number of nitrogens with one attached hydrogen (secondary N) is 1. The monoisotopic (exact) mass is 1150 g/mol. The second-order valence-electron chi connectivity index (χ2n) is 25.6. The fraction of sp³-hybridized carbons (Fsp3) is 0.712. The SMILES string of the molecule is CC[C@H]1OC(=O)[C@H](C)[C@@H](OC2CC(C)(OC)C(O[Si](C)(C)C)C(C)O2)[C@H](C)[C@@H](O[C@@H]2O[C@H](C)C[C@H](N(C)C)[C@H]2O[Si](C)(C)C)[C@](C)(OCC#Cc2cc(-c3cnc4ccccc4c3)no2)C[C@@H](C)C(=O)[C@H](C)[C@@]2(O)NC(=O)O[C@]12C. The Bertz CT molecular complexity index is 2720. The van der Waals surface area contributed by atoms with E-state index in [1.54, 1.807) is 40.1 Å². The predicted molar refractivity (Wildman–Crippen MR) is 305 cm³/mol. The summed E-state index contributed by atoms with van der Waals surface area (Å²) in [5, 5.41) is 20.5. The van der Waals surface area contributed by atoms with Gasteiger partial charge < -0.3 is 61.3 Å². The summed E-state index contributed by atoms with van der Waals surface area (Å²) in [5.41, 5.74) is -4.46. The van der Waals surface area contributed by atoms with Gasteiger partial charge in [0.1, 0.15) is 30.3 Å². The predicted octanol–water partition coefficient (Wildman–Crippen LogP) is 8.86. The lowest BCUT2D eigenvalue weighted by atomic mass is 9.71. The average Bonchev–Trinajstić information content (AvgIpc) is 4.17. The number of fused-ring (bicyclic) bond motifs is 2. The number of carbonyl (C=O) groups excluding carboxylic acids is 3. The van der Waals surface area contributed by atoms with Gasteiger partial charge in [-0.1, -0.05) is 57.0 Å². The van der Waals surface area contributed by atoms with Crippen molar-refractivity contribution >= 4 is 45.4 Å². The standard InChI is InChI=1S/C59H90N4O15Si2/c1-20-46-58(10)59(67,61-55(66)75-58)38(6)48(64)34(2)31-57(9,69-27-23-25-42-30-44(62-76-42)41-29-40-24-21-22-26-43(40)60-33-41)51(74-54-50(77-79(14,15)16)45(63(11)12)28-35(3)70-54)36(4)49(37(5)53(65)72-46)73-47-32-56(8,68-13)52(39(7)71-47)78-80(17,18)19/h21-22,24,26,29-30,33-39,45-47,49-52,54,67H,20,27-28,31-32H2,1-19H3,(H,61,66)/t34-,35-,36+,37-,38+,39?,45+,46-,47?,49+,50-,51-,52?,54+,56?,57-,58-,59+/m1/s1. The zero-order chi connectivity index (χ0) is 59.1. The number of ether oxygens (including phenoxy) is 8. The molecule has 18 atom stereocenters. The number of aliphatic hydroxyl groups is 1. The maximum absolute atomic E-state index is 15.2. The van der Waals surface area contributed by atoms with Crippen molar-refractivity contribution < 1.29 is 70.8 Å². The number of Topliss-reactive ketones (excluding diaryl/α,β-unsaturated/α-hetero) is 1. The molecule has 0 saturated carbocycles. The fourth-order valence-electron chi connectivity index (χ4n) is 12.4. The van der Waals surface area contributed by atoms with Crippen LogP contribution in [0.25, 0.3) is 22.2 Å². The van der Waals surface area contributed by atoms with Crippen molar-refractivity contribution in [3.8, 4) is 23.1 Å². The van der Waals surface area contributed by atoms with E-state index >= 15 is 9.59 Å². The highest BCUT2D eigenvalue weighted by Crippen LogP contribution is 2.46. The minimum absolute atomic E-state index is 0.0218. The first kappa shape index (κ1) is 63.4. The van der Waals surface area contributed by atoms with Crippen molar-refractivity contribution in [2.24, 2.45) is 23.7 Å². The van der Waals surface area contributed by atoms with Crippen molar-refractivity contribution in [3.05, 3.63) is 48.4 Å². The molecule has 444 valence electrons. The molecule has 1 aromatic carbocycles. The van der Waals surface area contributed by atoms with Crippen LogP contribution in [0.2, 0.25) is 39.3 Å². The first-order valence-electron chi connectivity index (χ1n) is 28.4. The third-order valence-electron chi connectivity index (χ3n) is 16.6. The Morgan fingerprint density at radius 1 is 0.875 bits per heavy atom. The molecule has 1 amide bonds. The zero-order valence-electron chi connectivity index (χ0n) is 50.7. The molecule has 3 aromatic rings. The largest absolute Gasteiger partial charge is 0.458 e. The Balaban J connectivity index is 1.37. The topological polar surface area (TPSA) is 218 Å². The number of esters is 1. The molecule has 6 heterocycles. The number of aromatic nitrogens is 2. The number of hydrogen-bond acceptors (Lipinski definition) is 18. The van der Waals surface area contributed by atoms with Gasteiger partial charge in [-0.2, -0.15) is 0 Å². The number of methoxy groups -OCH3 is 1. The Hall–Kier alpha value is -4.16. The van der Waals surface area contributed by atoms with Crippen LogP contribution in [0, 0.1) is 35.5 Å². The van der Waals surface area contributed by atoms with Gasteiger partial charge in [-0.3, -0.25) is 19.9 Å². The maximum Gasteiger partial charge on any atom is 0.410 e. The van der Waals surface area contributed by atoms with E-state index in [2.05, 4.69) is 71.5 Å². The summed E-state index contributed by atoms with van der Waals surface area (Å²) in [6, 6.07) is 11.4. The molecule has 2 aromatic heterocycles. The van der Waals surface area contributed by atoms with Gasteiger partial charge in [0.25, 0.3) is 0 Å². The van der Waals surface area contributed by atoms with Gasteiger partial charge >= 0.3 is 12.1 Å². The number of pyridine rings is 1. The van der Waals surface area contributed by atoms with E-state index in [1.807, 2.05) is 79.0 Å². The number of hydrogen-bond donors (Lipinski definition) is 2. The van der Waals surface area contributed by atoms with Crippen molar-refractivity contribution in [2.75, 3.05) is 27.8 Å². The second-order valence-corrected chi connectivity index (χ2v) is 34.5. The summed E-state index contributed by atoms with van der Waals surface area (Å²) in [4.78, 5) is 50.5. The molecule has 2 N–H and O–H groups in total. The number of ketones is 1. The van der Waals surface area contributed by atoms with Crippen LogP contribution in [0.3, 0.4) is 0 Å². The number of amides is 1. The normalized spacial score (nSPS) is 37.7. The number of benzene rings is 1. The number of likely N-dealkylation sites (N-methyl/N-ethyl adjacent to an activating group) is 1. The van der Waals surface area contributed by atoms with Gasteiger partial charge in [-0.15, -0.1) is 0 Å². The summed E-state index contributed by atoms with van der Waals surface area (Å²) in [6.07, 6.45) is -5.43. The summed E-state index contributed by atoms with van der Waals surface area (Å²) in [6.45, 7) is 30.4. The lowest BCUT2D eigenvalue weighted by molar-refractivity contribution is -0.317. The van der Waals surface area contributed by atoms with Gasteiger partial charge in [0.05, 0.1) is 59.1 Å². The highest BCUT2D eigenvalue weighted by atomic mass is 28.4. The lowest BCUT2D eigenvalue weighted by Crippen LogP contribution is -2.67. The molecule has 4 aliphatic rings. The summed E-state index contributed by atoms with van der Waals surface area (Å²) >= 11 is 0. The number of carbonyl (C=O) groups is 3. The fourth-order valence-corrected chi connectivity index (χ4v) is 14.7. The first-order valence-corrected chi connectivity index (χ1v) is 35.2. The number of para-hydroxylation sites is 1. The van der Waals surface area contributed by atoms with E-state index in [-0.39, 0.29) is 43.8 Å². The number of rotatable bonds is 14. The third-order valence-corrected chi connectivity index (χ3v) is 18.6. The van der Waals surface area contributed by atoms with E-state index in [9.17, 15) is 9.90 Å². The average molecular weight is 1150 g/mol. The van der Waals surface area contributed by atoms with Crippen molar-refractivity contribution in [1.29, 1.82) is 0 Å². The van der Waals surface area contributed by atoms with Crippen LogP contribution in [0.15, 0.2) is 47.1 Å². The zero-order valence-corrected chi connectivity index (χ0v) is 52.7. The van der Waals surface area contributed by atoms with E-state index in [1.165, 1.54) is 13.8 Å². The molecular weight excluding hydrogens is 1060 g/mol. The van der Waals surface area contributed by atoms with Gasteiger partial charge in [0, 0.05) is 54.6 Å². The summed E-state index contributed by atoms with van der Waals surface area (Å²) < 4.78 is 73.5. The molecule has 19 nitrogen and oxygen atoms in total. The molecule has 4 fully saturated rings. The molecule has 80 heavy (non-hydrogen) atoms. The molecule has 4 saturated heterocycles. The van der Waals surface area contributed by atoms with E-state index < -0.39 is 130 Å². The van der Waals surface area contributed by atoms with E-state index in [4.69, 9.17) is 51.3 Å². The molecule has 7 rings (SSSR count). The molecule has 21 heteroatoms. The van der Waals surface area contributed by atoms with Crippen LogP contribution >= 0.6 is 0 Å². The smallest absolute Gasteiger partial charge is 0.410 e. The lowest BCUT2D eigenvalue weighted by Gasteiger charge is -2.52. The highest BCUT2D eigenvalue weighted by Gasteiger charge is 2.67. The van der Waals surface area contributed by atoms with Crippen molar-refractivity contribution in [2.45, 2.75) is 218 Å². The second kappa shape index (κ2) is 24.6. The maximum atomic E-state index is 15.2. The minimum Gasteiger partial charge on any atom is -0.458 e. The summed E-state index contributed by atoms with van der Waals surface area (Å²) in [7, 11) is 1.22. The van der Waals surface area contributed by atoms with Crippen LogP contribution in [0.5, 0.6) is 0 Å². The highest BCUT2D eigenvalue weighted by molar-refractivity contribution is 6.70. The number of cyclic esters (lactones) is 1. The van der Waals surface area contributed by atoms with Gasteiger partial charge in [-0.05, 0) is 132 Å². The van der Waals surface area contributed by atoms with Crippen LogP contribution in [0.1, 0.15) is 101 Å². The van der Waals surface area contributed by atoms with Crippen LogP contribution in [-0.4, -0.2) is 166 Å². The van der Waals surface area contributed by atoms with Gasteiger partial charge in [0.15, 0.2) is 40.5 Å². The molecule has 0 spiro atoms. The Morgan fingerprint density at radius 2 is 1.56 bits per heavy atom. The van der Waals surface area contributed by atoms with E-state index in [0.29, 0.717) is 12.1 Å². The molecule has 0 radical (unpaired) electrons. The molecule has 4 unspecified atom stereocenters. The molecule has 0 bridgehead atoms. The Labute approximate surface area is 475 Å². The summed E-state index contributed by atoms with van der Waals surface area (Å²) in [5.74, 6) is 1.27. The minimum atomic E-state index is -2.33. The molecule has 0 aliphatic carbocycles. The number of alkyl carbamates (subject to hydrolysis) is 1. The van der Waals surface area contributed by atoms with Crippen LogP contribution in [0.4, 0.5) is 4.79 Å². The first-order chi connectivity index (χ1) is 37.2. The Kier molecular flexibility index (Phi) is 19.5. The molecule has 4 aliphatic heterocycles. The van der Waals surface area contributed by atoms with Crippen LogP contribution in [-0.2, 0) is 56.3 Å².